The summed E-state index contributed by atoms with van der Waals surface area (Å²) in [6, 6.07) is 0. The molecule has 3 nitrogen and oxygen atoms in total. The van der Waals surface area contributed by atoms with Gasteiger partial charge in [-0.25, -0.2) is 4.98 Å². The van der Waals surface area contributed by atoms with Crippen LogP contribution in [0.5, 0.6) is 0 Å². The molecule has 0 saturated carbocycles. The molecule has 16 heavy (non-hydrogen) atoms. The van der Waals surface area contributed by atoms with Crippen LogP contribution in [-0.2, 0) is 0 Å². The lowest BCUT2D eigenvalue weighted by atomic mass is 10.1. The van der Waals surface area contributed by atoms with Gasteiger partial charge in [0.1, 0.15) is 0 Å². The summed E-state index contributed by atoms with van der Waals surface area (Å²) < 4.78 is 0. The molecule has 0 spiro atoms. The molecule has 0 aromatic carbocycles. The number of nitrogens with one attached hydrogen (secondary N) is 1. The highest BCUT2D eigenvalue weighted by Gasteiger charge is 2.13. The van der Waals surface area contributed by atoms with Gasteiger partial charge in [-0.05, 0) is 31.8 Å². The predicted octanol–water partition coefficient (Wildman–Crippen LogP) is 2.68. The van der Waals surface area contributed by atoms with E-state index in [1.807, 2.05) is 11.6 Å². The Hall–Kier alpha value is -0.610. The molecule has 2 rings (SSSR count). The second kappa shape index (κ2) is 6.21. The van der Waals surface area contributed by atoms with E-state index in [1.165, 1.54) is 38.9 Å². The van der Waals surface area contributed by atoms with Crippen LogP contribution in [0.25, 0.3) is 0 Å². The number of anilines is 1. The minimum atomic E-state index is 0.696. The van der Waals surface area contributed by atoms with Gasteiger partial charge in [-0.15, -0.1) is 11.3 Å². The molecule has 1 unspecified atom stereocenters. The van der Waals surface area contributed by atoms with E-state index in [4.69, 9.17) is 0 Å². The van der Waals surface area contributed by atoms with Crippen molar-refractivity contribution in [2.24, 2.45) is 5.92 Å². The van der Waals surface area contributed by atoms with Gasteiger partial charge in [0.15, 0.2) is 5.13 Å². The molecule has 0 radical (unpaired) electrons. The monoisotopic (exact) mass is 239 g/mol. The fourth-order valence-electron chi connectivity index (χ4n) is 2.22. The average molecular weight is 239 g/mol. The van der Waals surface area contributed by atoms with Crippen LogP contribution < -0.4 is 5.32 Å². The second-order valence-electron chi connectivity index (χ2n) is 4.68. The third kappa shape index (κ3) is 3.76. The van der Waals surface area contributed by atoms with Gasteiger partial charge in [0, 0.05) is 24.7 Å². The summed E-state index contributed by atoms with van der Waals surface area (Å²) in [4.78, 5) is 6.82. The number of thiazole rings is 1. The number of aromatic nitrogens is 1. The van der Waals surface area contributed by atoms with Crippen molar-refractivity contribution in [1.29, 1.82) is 0 Å². The lowest BCUT2D eigenvalue weighted by Crippen LogP contribution is -2.35. The summed E-state index contributed by atoms with van der Waals surface area (Å²) >= 11 is 1.68. The van der Waals surface area contributed by atoms with Crippen LogP contribution in [0.1, 0.15) is 26.2 Å². The summed E-state index contributed by atoms with van der Waals surface area (Å²) in [7, 11) is 0. The number of hydrogen-bond acceptors (Lipinski definition) is 4. The molecule has 1 N–H and O–H groups in total. The third-order valence-electron chi connectivity index (χ3n) is 3.05. The van der Waals surface area contributed by atoms with Gasteiger partial charge in [-0.3, -0.25) is 0 Å². The second-order valence-corrected chi connectivity index (χ2v) is 5.58. The number of nitrogens with zero attached hydrogens (tertiary/aromatic N) is 2. The number of likely N-dealkylation sites (tertiary alicyclic amines) is 1. The van der Waals surface area contributed by atoms with E-state index < -0.39 is 0 Å². The molecule has 1 aromatic heterocycles. The fraction of sp³-hybridized carbons (Fsp3) is 0.750. The topological polar surface area (TPSA) is 28.2 Å². The van der Waals surface area contributed by atoms with Gasteiger partial charge in [0.25, 0.3) is 0 Å². The maximum atomic E-state index is 4.23. The summed E-state index contributed by atoms with van der Waals surface area (Å²) in [5.74, 6) is 0.696. The zero-order chi connectivity index (χ0) is 11.2. The quantitative estimate of drug-likeness (QED) is 0.856. The highest BCUT2D eigenvalue weighted by Crippen LogP contribution is 2.13. The summed E-state index contributed by atoms with van der Waals surface area (Å²) in [5, 5.41) is 6.45. The molecule has 1 aromatic rings. The van der Waals surface area contributed by atoms with Gasteiger partial charge in [-0.1, -0.05) is 13.3 Å². The van der Waals surface area contributed by atoms with Gasteiger partial charge < -0.3 is 10.2 Å². The third-order valence-corrected chi connectivity index (χ3v) is 3.78. The van der Waals surface area contributed by atoms with E-state index in [2.05, 4.69) is 22.1 Å². The zero-order valence-electron chi connectivity index (χ0n) is 9.98. The minimum Gasteiger partial charge on any atom is -0.361 e. The lowest BCUT2D eigenvalue weighted by molar-refractivity contribution is 0.204. The molecule has 4 heteroatoms. The van der Waals surface area contributed by atoms with Gasteiger partial charge in [0.05, 0.1) is 0 Å². The van der Waals surface area contributed by atoms with Crippen molar-refractivity contribution < 1.29 is 0 Å². The number of hydrogen-bond donors (Lipinski definition) is 1. The van der Waals surface area contributed by atoms with Crippen LogP contribution in [0.15, 0.2) is 11.6 Å². The standard InChI is InChI=1S/C12H21N3S/c1-11(9-14-12-13-5-8-16-12)10-15-6-3-2-4-7-15/h5,8,11H,2-4,6-7,9-10H2,1H3,(H,13,14). The van der Waals surface area contributed by atoms with Crippen molar-refractivity contribution >= 4 is 16.5 Å². The molecule has 1 fully saturated rings. The average Bonchev–Trinajstić information content (AvgIpc) is 2.81. The normalized spacial score (nSPS) is 19.6. The first kappa shape index (κ1) is 11.9. The van der Waals surface area contributed by atoms with E-state index in [0.29, 0.717) is 5.92 Å². The predicted molar refractivity (Wildman–Crippen MR) is 70.1 cm³/mol. The first-order chi connectivity index (χ1) is 7.84. The summed E-state index contributed by atoms with van der Waals surface area (Å²) in [6.07, 6.45) is 6.03. The Morgan fingerprint density at radius 2 is 2.25 bits per heavy atom. The smallest absolute Gasteiger partial charge is 0.182 e. The molecule has 0 aliphatic carbocycles. The van der Waals surface area contributed by atoms with Crippen LogP contribution in [0, 0.1) is 5.92 Å². The van der Waals surface area contributed by atoms with Crippen molar-refractivity contribution in [3.63, 3.8) is 0 Å². The molecule has 1 atom stereocenters. The van der Waals surface area contributed by atoms with Crippen molar-refractivity contribution in [2.45, 2.75) is 26.2 Å². The largest absolute Gasteiger partial charge is 0.361 e. The van der Waals surface area contributed by atoms with Gasteiger partial charge in [-0.2, -0.15) is 0 Å². The highest BCUT2D eigenvalue weighted by molar-refractivity contribution is 7.13. The van der Waals surface area contributed by atoms with E-state index in [-0.39, 0.29) is 0 Å². The van der Waals surface area contributed by atoms with Gasteiger partial charge >= 0.3 is 0 Å². The molecular weight excluding hydrogens is 218 g/mol. The van der Waals surface area contributed by atoms with E-state index >= 15 is 0 Å². The summed E-state index contributed by atoms with van der Waals surface area (Å²) in [6.45, 7) is 7.15. The van der Waals surface area contributed by atoms with E-state index in [9.17, 15) is 0 Å². The van der Waals surface area contributed by atoms with E-state index in [1.54, 1.807) is 11.3 Å². The van der Waals surface area contributed by atoms with Gasteiger partial charge in [0.2, 0.25) is 0 Å². The van der Waals surface area contributed by atoms with Crippen LogP contribution in [0.3, 0.4) is 0 Å². The Morgan fingerprint density at radius 1 is 1.44 bits per heavy atom. The molecule has 2 heterocycles. The molecule has 1 aliphatic rings. The molecular formula is C12H21N3S. The molecule has 0 bridgehead atoms. The maximum absolute atomic E-state index is 4.23. The zero-order valence-corrected chi connectivity index (χ0v) is 10.8. The number of piperidine rings is 1. The SMILES string of the molecule is CC(CNc1nccs1)CN1CCCCC1. The van der Waals surface area contributed by atoms with Crippen molar-refractivity contribution in [2.75, 3.05) is 31.5 Å². The Bertz CT molecular complexity index is 280. The van der Waals surface area contributed by atoms with Crippen molar-refractivity contribution in [1.82, 2.24) is 9.88 Å². The first-order valence-electron chi connectivity index (χ1n) is 6.20. The van der Waals surface area contributed by atoms with Crippen LogP contribution in [0.4, 0.5) is 5.13 Å². The van der Waals surface area contributed by atoms with E-state index in [0.717, 1.165) is 11.7 Å². The summed E-state index contributed by atoms with van der Waals surface area (Å²) in [5.41, 5.74) is 0. The molecule has 0 amide bonds. The van der Waals surface area contributed by atoms with Crippen LogP contribution >= 0.6 is 11.3 Å². The Morgan fingerprint density at radius 3 is 2.94 bits per heavy atom. The molecule has 90 valence electrons. The fourth-order valence-corrected chi connectivity index (χ4v) is 2.76. The Labute approximate surface area is 102 Å². The minimum absolute atomic E-state index is 0.696. The van der Waals surface area contributed by atoms with Crippen LogP contribution in [0.2, 0.25) is 0 Å². The van der Waals surface area contributed by atoms with Crippen molar-refractivity contribution in [3.8, 4) is 0 Å². The van der Waals surface area contributed by atoms with Crippen molar-refractivity contribution in [3.05, 3.63) is 11.6 Å². The molecule has 1 saturated heterocycles. The lowest BCUT2D eigenvalue weighted by Gasteiger charge is -2.29. The maximum Gasteiger partial charge on any atom is 0.182 e. The first-order valence-corrected chi connectivity index (χ1v) is 7.08. The molecule has 1 aliphatic heterocycles. The Balaban J connectivity index is 1.65. The highest BCUT2D eigenvalue weighted by atomic mass is 32.1. The Kier molecular flexibility index (Phi) is 4.60. The van der Waals surface area contributed by atoms with Crippen LogP contribution in [-0.4, -0.2) is 36.1 Å². The number of rotatable bonds is 5.